The van der Waals surface area contributed by atoms with Crippen LogP contribution in [-0.4, -0.2) is 24.2 Å². The molecule has 3 rings (SSSR count). The second kappa shape index (κ2) is 4.00. The van der Waals surface area contributed by atoms with Gasteiger partial charge in [-0.1, -0.05) is 0 Å². The maximum absolute atomic E-state index is 4.30. The Morgan fingerprint density at radius 3 is 3.06 bits per heavy atom. The third kappa shape index (κ3) is 2.16. The third-order valence-electron chi connectivity index (χ3n) is 2.30. The number of alkyl halides is 2. The number of nitrogens with zero attached hydrogens (tertiary/aromatic N) is 4. The first-order valence-electron chi connectivity index (χ1n) is 4.96. The molecule has 6 heteroatoms. The van der Waals surface area contributed by atoms with Crippen molar-refractivity contribution >= 4 is 11.5 Å². The summed E-state index contributed by atoms with van der Waals surface area (Å²) in [7, 11) is 1.89. The molecule has 2 aromatic heterocycles. The Bertz CT molecular complexity index is 505. The fraction of sp³-hybridized carbons (Fsp3) is 0.300. The van der Waals surface area contributed by atoms with Gasteiger partial charge in [-0.2, -0.15) is 0 Å². The van der Waals surface area contributed by atoms with E-state index in [1.165, 1.54) is 10.1 Å². The summed E-state index contributed by atoms with van der Waals surface area (Å²) in [5.41, 5.74) is 2.15. The number of anilines is 2. The average Bonchev–Trinajstić information content (AvgIpc) is 3.05. The SMILES string of the molecule is Cn1cc(Nc2cc(C3C[I-]3)ncn2)cn1. The van der Waals surface area contributed by atoms with E-state index in [9.17, 15) is 0 Å². The number of aromatic nitrogens is 4. The predicted octanol–water partition coefficient (Wildman–Crippen LogP) is -1.90. The molecule has 1 atom stereocenters. The fourth-order valence-electron chi connectivity index (χ4n) is 1.45. The quantitative estimate of drug-likeness (QED) is 0.528. The Kier molecular flexibility index (Phi) is 2.50. The van der Waals surface area contributed by atoms with Crippen LogP contribution in [0.15, 0.2) is 24.8 Å². The number of rotatable bonds is 3. The Morgan fingerprint density at radius 1 is 1.50 bits per heavy atom. The van der Waals surface area contributed by atoms with Crippen molar-refractivity contribution in [2.24, 2.45) is 7.05 Å². The van der Waals surface area contributed by atoms with Crippen LogP contribution in [-0.2, 0) is 7.05 Å². The van der Waals surface area contributed by atoms with Crippen LogP contribution in [0.2, 0.25) is 0 Å². The summed E-state index contributed by atoms with van der Waals surface area (Å²) in [4.78, 5) is 8.51. The summed E-state index contributed by atoms with van der Waals surface area (Å²) in [6.07, 6.45) is 5.34. The van der Waals surface area contributed by atoms with E-state index in [0.29, 0.717) is 21.2 Å². The van der Waals surface area contributed by atoms with Gasteiger partial charge in [-0.3, -0.25) is 0 Å². The van der Waals surface area contributed by atoms with E-state index in [4.69, 9.17) is 0 Å². The van der Waals surface area contributed by atoms with Crippen molar-refractivity contribution in [2.75, 3.05) is 9.74 Å². The zero-order chi connectivity index (χ0) is 11.0. The molecule has 0 bridgehead atoms. The Balaban J connectivity index is 1.81. The first-order valence-corrected chi connectivity index (χ1v) is 7.74. The molecule has 0 aromatic carbocycles. The van der Waals surface area contributed by atoms with E-state index in [-0.39, 0.29) is 0 Å². The summed E-state index contributed by atoms with van der Waals surface area (Å²) in [5.74, 6) is 0.855. The van der Waals surface area contributed by atoms with Crippen molar-refractivity contribution in [2.45, 2.75) is 3.92 Å². The molecule has 3 heterocycles. The Labute approximate surface area is 104 Å². The van der Waals surface area contributed by atoms with Crippen LogP contribution in [0.4, 0.5) is 11.5 Å². The number of hydrogen-bond acceptors (Lipinski definition) is 4. The standard InChI is InChI=1S/C10H11IN5/c1-16-5-7(4-14-16)15-10-2-9(8-3-11-8)12-6-13-10/h2,4-6,8H,3H2,1H3,(H,12,13,15)/q-1. The van der Waals surface area contributed by atoms with Crippen molar-refractivity contribution in [3.63, 3.8) is 0 Å². The van der Waals surface area contributed by atoms with Gasteiger partial charge in [-0.25, -0.2) is 0 Å². The molecule has 0 spiro atoms. The molecule has 16 heavy (non-hydrogen) atoms. The first kappa shape index (κ1) is 10.0. The molecule has 5 nitrogen and oxygen atoms in total. The van der Waals surface area contributed by atoms with Crippen LogP contribution < -0.4 is 26.5 Å². The molecule has 84 valence electrons. The number of hydrogen-bond donors (Lipinski definition) is 1. The molecule has 1 saturated heterocycles. The van der Waals surface area contributed by atoms with Crippen LogP contribution in [0.1, 0.15) is 9.62 Å². The van der Waals surface area contributed by atoms with Gasteiger partial charge in [0.1, 0.15) is 0 Å². The van der Waals surface area contributed by atoms with E-state index in [1.54, 1.807) is 17.2 Å². The fourth-order valence-corrected chi connectivity index (χ4v) is 2.95. The monoisotopic (exact) mass is 328 g/mol. The van der Waals surface area contributed by atoms with Crippen molar-refractivity contribution in [3.8, 4) is 0 Å². The molecule has 0 amide bonds. The minimum atomic E-state index is 0.392. The van der Waals surface area contributed by atoms with Gasteiger partial charge < -0.3 is 0 Å². The molecule has 0 saturated carbocycles. The summed E-state index contributed by atoms with van der Waals surface area (Å²) >= 11 is 0.392. The topological polar surface area (TPSA) is 55.6 Å². The van der Waals surface area contributed by atoms with Crippen LogP contribution in [0, 0.1) is 0 Å². The average molecular weight is 328 g/mol. The van der Waals surface area contributed by atoms with Gasteiger partial charge in [0, 0.05) is 0 Å². The molecular weight excluding hydrogens is 317 g/mol. The van der Waals surface area contributed by atoms with Crippen molar-refractivity contribution in [1.82, 2.24) is 19.7 Å². The van der Waals surface area contributed by atoms with Crippen molar-refractivity contribution in [3.05, 3.63) is 30.5 Å². The van der Waals surface area contributed by atoms with Gasteiger partial charge in [-0.05, 0) is 0 Å². The number of aryl methyl sites for hydroxylation is 1. The van der Waals surface area contributed by atoms with Crippen LogP contribution >= 0.6 is 0 Å². The third-order valence-corrected chi connectivity index (χ3v) is 4.69. The molecule has 1 aliphatic heterocycles. The molecule has 2 aromatic rings. The van der Waals surface area contributed by atoms with Gasteiger partial charge in [0.25, 0.3) is 0 Å². The zero-order valence-electron chi connectivity index (χ0n) is 8.76. The summed E-state index contributed by atoms with van der Waals surface area (Å²) < 4.78 is 3.88. The van der Waals surface area contributed by atoms with Gasteiger partial charge in [0.15, 0.2) is 0 Å². The van der Waals surface area contributed by atoms with Gasteiger partial charge in [-0.15, -0.1) is 0 Å². The number of nitrogens with one attached hydrogen (secondary N) is 1. The Morgan fingerprint density at radius 2 is 2.38 bits per heavy atom. The molecule has 1 unspecified atom stereocenters. The van der Waals surface area contributed by atoms with Gasteiger partial charge in [0.05, 0.1) is 0 Å². The van der Waals surface area contributed by atoms with E-state index < -0.39 is 0 Å². The van der Waals surface area contributed by atoms with Crippen LogP contribution in [0.5, 0.6) is 0 Å². The maximum atomic E-state index is 4.30. The van der Waals surface area contributed by atoms with E-state index >= 15 is 0 Å². The predicted molar refractivity (Wildman–Crippen MR) is 56.1 cm³/mol. The second-order valence-corrected chi connectivity index (χ2v) is 6.90. The number of halogens is 1. The van der Waals surface area contributed by atoms with Crippen molar-refractivity contribution < 1.29 is 21.2 Å². The van der Waals surface area contributed by atoms with Crippen LogP contribution in [0.25, 0.3) is 0 Å². The van der Waals surface area contributed by atoms with E-state index in [1.807, 2.05) is 19.3 Å². The Hall–Kier alpha value is -1.18. The summed E-state index contributed by atoms with van der Waals surface area (Å²) in [6, 6.07) is 2.05. The van der Waals surface area contributed by atoms with E-state index in [0.717, 1.165) is 15.4 Å². The van der Waals surface area contributed by atoms with Gasteiger partial charge in [0.2, 0.25) is 0 Å². The first-order chi connectivity index (χ1) is 7.81. The molecule has 0 aliphatic carbocycles. The van der Waals surface area contributed by atoms with Gasteiger partial charge >= 0.3 is 104 Å². The minimum absolute atomic E-state index is 0.392. The molecule has 1 N–H and O–H groups in total. The normalized spacial score (nSPS) is 18.9. The molecule has 0 radical (unpaired) electrons. The van der Waals surface area contributed by atoms with Crippen molar-refractivity contribution in [1.29, 1.82) is 0 Å². The summed E-state index contributed by atoms with van der Waals surface area (Å²) in [6.45, 7) is 0. The molecular formula is C10H11IN5-. The summed E-state index contributed by atoms with van der Waals surface area (Å²) in [5, 5.41) is 7.32. The second-order valence-electron chi connectivity index (χ2n) is 3.63. The zero-order valence-corrected chi connectivity index (χ0v) is 10.9. The van der Waals surface area contributed by atoms with E-state index in [2.05, 4.69) is 20.4 Å². The van der Waals surface area contributed by atoms with Crippen LogP contribution in [0.3, 0.4) is 0 Å². The molecule has 1 aliphatic rings. The molecule has 1 fully saturated rings.